The van der Waals surface area contributed by atoms with Crippen molar-refractivity contribution >= 4 is 12.2 Å². The quantitative estimate of drug-likeness (QED) is 0.542. The summed E-state index contributed by atoms with van der Waals surface area (Å²) in [6, 6.07) is 7.23. The molecule has 0 spiro atoms. The van der Waals surface area contributed by atoms with Crippen molar-refractivity contribution in [3.63, 3.8) is 0 Å². The first-order valence-corrected chi connectivity index (χ1v) is 6.30. The molecule has 0 radical (unpaired) electrons. The molecule has 0 heterocycles. The summed E-state index contributed by atoms with van der Waals surface area (Å²) < 4.78 is 0. The highest BCUT2D eigenvalue weighted by atomic mass is 16.4. The monoisotopic (exact) mass is 263 g/mol. The number of hydrogen-bond acceptors (Lipinski definition) is 4. The lowest BCUT2D eigenvalue weighted by Crippen LogP contribution is -2.69. The second-order valence-electron chi connectivity index (χ2n) is 4.87. The van der Waals surface area contributed by atoms with Crippen molar-refractivity contribution in [3.05, 3.63) is 35.4 Å². The molecule has 5 heteroatoms. The molecule has 0 bridgehead atoms. The second kappa shape index (κ2) is 6.89. The molecule has 0 aliphatic rings. The normalized spacial score (nSPS) is 12.9. The maximum Gasteiger partial charge on any atom is 0.129 e. The van der Waals surface area contributed by atoms with E-state index in [1.54, 1.807) is 6.21 Å². The van der Waals surface area contributed by atoms with E-state index < -0.39 is 12.0 Å². The van der Waals surface area contributed by atoms with E-state index in [0.29, 0.717) is 12.5 Å². The van der Waals surface area contributed by atoms with Crippen molar-refractivity contribution < 1.29 is 15.6 Å². The molecule has 0 aliphatic carbocycles. The molecular weight excluding hydrogens is 242 g/mol. The fourth-order valence-electron chi connectivity index (χ4n) is 1.40. The predicted molar refractivity (Wildman–Crippen MR) is 72.3 cm³/mol. The smallest absolute Gasteiger partial charge is 0.129 e. The van der Waals surface area contributed by atoms with Crippen LogP contribution in [0, 0.1) is 0 Å². The van der Waals surface area contributed by atoms with Crippen LogP contribution in [0.15, 0.2) is 29.4 Å². The Morgan fingerprint density at radius 1 is 1.42 bits per heavy atom. The Bertz CT molecular complexity index is 441. The number of hydrogen-bond donors (Lipinski definition) is 1. The molecule has 0 fully saturated rings. The number of carboxylic acids is 1. The van der Waals surface area contributed by atoms with Gasteiger partial charge in [-0.2, -0.15) is 5.10 Å². The Labute approximate surface area is 113 Å². The van der Waals surface area contributed by atoms with Crippen molar-refractivity contribution in [1.82, 2.24) is 5.01 Å². The van der Waals surface area contributed by atoms with Crippen LogP contribution in [0.3, 0.4) is 0 Å². The molecule has 1 aromatic carbocycles. The van der Waals surface area contributed by atoms with Gasteiger partial charge in [0.2, 0.25) is 0 Å². The average Bonchev–Trinajstić information content (AvgIpc) is 2.37. The van der Waals surface area contributed by atoms with Crippen LogP contribution in [-0.4, -0.2) is 36.3 Å². The minimum absolute atomic E-state index is 0.352. The van der Waals surface area contributed by atoms with E-state index in [0.717, 1.165) is 11.1 Å². The third kappa shape index (κ3) is 5.09. The van der Waals surface area contributed by atoms with Gasteiger partial charge in [0.25, 0.3) is 0 Å². The lowest BCUT2D eigenvalue weighted by atomic mass is 10.1. The maximum atomic E-state index is 10.6. The zero-order valence-electron chi connectivity index (χ0n) is 11.7. The standard InChI is InChI=1S/C14H21N3O2/c1-10(2)17(3)16-9-12-6-4-11(5-7-12)8-13(15)14(18)19/h4-7,9-10,13H,8,15H2,1-3H3,(H,18,19)/b16-9+. The van der Waals surface area contributed by atoms with Crippen LogP contribution >= 0.6 is 0 Å². The van der Waals surface area contributed by atoms with Gasteiger partial charge < -0.3 is 15.6 Å². The summed E-state index contributed by atoms with van der Waals surface area (Å²) in [7, 11) is 1.92. The van der Waals surface area contributed by atoms with Gasteiger partial charge in [-0.15, -0.1) is 0 Å². The molecular formula is C14H21N3O2. The van der Waals surface area contributed by atoms with Crippen molar-refractivity contribution in [2.45, 2.75) is 32.4 Å². The Balaban J connectivity index is 2.64. The van der Waals surface area contributed by atoms with Crippen LogP contribution in [0.25, 0.3) is 0 Å². The SMILES string of the molecule is CC(C)N(C)/N=C/c1ccc(CC([NH3+])C(=O)[O-])cc1. The molecule has 1 unspecified atom stereocenters. The van der Waals surface area contributed by atoms with Gasteiger partial charge in [0.1, 0.15) is 6.04 Å². The number of rotatable bonds is 6. The van der Waals surface area contributed by atoms with E-state index >= 15 is 0 Å². The van der Waals surface area contributed by atoms with Crippen LogP contribution in [0.1, 0.15) is 25.0 Å². The zero-order chi connectivity index (χ0) is 14.4. The van der Waals surface area contributed by atoms with E-state index in [1.807, 2.05) is 36.3 Å². The summed E-state index contributed by atoms with van der Waals surface area (Å²) in [4.78, 5) is 10.6. The molecule has 0 saturated carbocycles. The molecule has 0 amide bonds. The van der Waals surface area contributed by atoms with E-state index in [1.165, 1.54) is 0 Å². The fourth-order valence-corrected chi connectivity index (χ4v) is 1.40. The van der Waals surface area contributed by atoms with E-state index in [-0.39, 0.29) is 0 Å². The maximum absolute atomic E-state index is 10.6. The van der Waals surface area contributed by atoms with Crippen molar-refractivity contribution in [3.8, 4) is 0 Å². The molecule has 1 aromatic rings. The lowest BCUT2D eigenvalue weighted by Gasteiger charge is -2.16. The summed E-state index contributed by atoms with van der Waals surface area (Å²) >= 11 is 0. The summed E-state index contributed by atoms with van der Waals surface area (Å²) in [6.45, 7) is 4.13. The van der Waals surface area contributed by atoms with Gasteiger partial charge in [-0.05, 0) is 25.0 Å². The van der Waals surface area contributed by atoms with Gasteiger partial charge in [-0.1, -0.05) is 24.3 Å². The van der Waals surface area contributed by atoms with Crippen LogP contribution in [-0.2, 0) is 11.2 Å². The number of quaternary nitrogens is 1. The topological polar surface area (TPSA) is 83.4 Å². The summed E-state index contributed by atoms with van der Waals surface area (Å²) in [5.41, 5.74) is 5.45. The van der Waals surface area contributed by atoms with Gasteiger partial charge >= 0.3 is 0 Å². The molecule has 5 nitrogen and oxygen atoms in total. The molecule has 19 heavy (non-hydrogen) atoms. The van der Waals surface area contributed by atoms with Crippen molar-refractivity contribution in [1.29, 1.82) is 0 Å². The largest absolute Gasteiger partial charge is 0.544 e. The molecule has 104 valence electrons. The highest BCUT2D eigenvalue weighted by molar-refractivity contribution is 5.79. The molecule has 1 rings (SSSR count). The van der Waals surface area contributed by atoms with Crippen molar-refractivity contribution in [2.24, 2.45) is 5.10 Å². The molecule has 0 aliphatic heterocycles. The summed E-state index contributed by atoms with van der Waals surface area (Å²) in [5.74, 6) is -1.12. The Morgan fingerprint density at radius 2 is 2.00 bits per heavy atom. The first-order valence-electron chi connectivity index (χ1n) is 6.30. The molecule has 0 saturated heterocycles. The number of aliphatic carboxylic acids is 1. The Kier molecular flexibility index (Phi) is 5.51. The third-order valence-electron chi connectivity index (χ3n) is 2.93. The number of carbonyl (C=O) groups excluding carboxylic acids is 1. The van der Waals surface area contributed by atoms with Gasteiger partial charge in [0, 0.05) is 19.5 Å². The van der Waals surface area contributed by atoms with E-state index in [2.05, 4.69) is 24.7 Å². The minimum Gasteiger partial charge on any atom is -0.544 e. The lowest BCUT2D eigenvalue weighted by molar-refractivity contribution is -0.437. The van der Waals surface area contributed by atoms with Crippen LogP contribution in [0.4, 0.5) is 0 Å². The zero-order valence-corrected chi connectivity index (χ0v) is 11.7. The van der Waals surface area contributed by atoms with Crippen molar-refractivity contribution in [2.75, 3.05) is 7.05 Å². The van der Waals surface area contributed by atoms with Gasteiger partial charge in [0.15, 0.2) is 0 Å². The van der Waals surface area contributed by atoms with Gasteiger partial charge in [-0.3, -0.25) is 5.01 Å². The predicted octanol–water partition coefficient (Wildman–Crippen LogP) is -0.736. The Morgan fingerprint density at radius 3 is 2.47 bits per heavy atom. The summed E-state index contributed by atoms with van der Waals surface area (Å²) in [6.07, 6.45) is 2.16. The second-order valence-corrected chi connectivity index (χ2v) is 4.87. The van der Waals surface area contributed by atoms with E-state index in [4.69, 9.17) is 0 Å². The average molecular weight is 263 g/mol. The number of hydrazone groups is 1. The van der Waals surface area contributed by atoms with Crippen LogP contribution in [0.2, 0.25) is 0 Å². The highest BCUT2D eigenvalue weighted by Crippen LogP contribution is 2.05. The van der Waals surface area contributed by atoms with Gasteiger partial charge in [0.05, 0.1) is 12.2 Å². The molecule has 3 N–H and O–H groups in total. The first kappa shape index (κ1) is 15.2. The highest BCUT2D eigenvalue weighted by Gasteiger charge is 2.07. The minimum atomic E-state index is -1.12. The molecule has 1 atom stereocenters. The van der Waals surface area contributed by atoms with Gasteiger partial charge in [-0.25, -0.2) is 0 Å². The first-order chi connectivity index (χ1) is 8.90. The summed E-state index contributed by atoms with van der Waals surface area (Å²) in [5, 5.41) is 16.8. The number of carbonyl (C=O) groups is 1. The fraction of sp³-hybridized carbons (Fsp3) is 0.429. The number of benzene rings is 1. The molecule has 0 aromatic heterocycles. The number of carboxylic acid groups (broad SMARTS) is 1. The number of nitrogens with zero attached hydrogens (tertiary/aromatic N) is 2. The van der Waals surface area contributed by atoms with E-state index in [9.17, 15) is 9.90 Å². The van der Waals surface area contributed by atoms with Crippen LogP contribution < -0.4 is 10.8 Å². The third-order valence-corrected chi connectivity index (χ3v) is 2.93. The Hall–Kier alpha value is -1.88. The van der Waals surface area contributed by atoms with Crippen LogP contribution in [0.5, 0.6) is 0 Å².